The van der Waals surface area contributed by atoms with E-state index in [2.05, 4.69) is 21.9 Å². The van der Waals surface area contributed by atoms with E-state index in [4.69, 9.17) is 10.9 Å². The average molecular weight is 240 g/mol. The van der Waals surface area contributed by atoms with E-state index in [0.29, 0.717) is 17.9 Å². The van der Waals surface area contributed by atoms with Gasteiger partial charge in [-0.05, 0) is 33.2 Å². The molecule has 0 saturated carbocycles. The highest BCUT2D eigenvalue weighted by molar-refractivity contribution is 5.84. The summed E-state index contributed by atoms with van der Waals surface area (Å²) >= 11 is 0. The number of amidine groups is 1. The van der Waals surface area contributed by atoms with Gasteiger partial charge in [0.1, 0.15) is 0 Å². The predicted octanol–water partition coefficient (Wildman–Crippen LogP) is 0.680. The Morgan fingerprint density at radius 1 is 1.41 bits per heavy atom. The van der Waals surface area contributed by atoms with E-state index < -0.39 is 0 Å². The van der Waals surface area contributed by atoms with E-state index in [1.165, 1.54) is 25.8 Å². The normalized spacial score (nSPS) is 34.4. The molecule has 98 valence electrons. The van der Waals surface area contributed by atoms with Crippen LogP contribution in [0.2, 0.25) is 0 Å². The number of nitrogens with zero attached hydrogens (tertiary/aromatic N) is 3. The lowest BCUT2D eigenvalue weighted by Gasteiger charge is -2.49. The molecule has 2 aliphatic rings. The number of oxime groups is 1. The molecule has 2 aliphatic heterocycles. The van der Waals surface area contributed by atoms with Gasteiger partial charge in [0.05, 0.1) is 6.04 Å². The Kier molecular flexibility index (Phi) is 3.89. The first-order chi connectivity index (χ1) is 8.13. The van der Waals surface area contributed by atoms with Gasteiger partial charge >= 0.3 is 0 Å². The molecule has 0 amide bonds. The second kappa shape index (κ2) is 5.23. The molecule has 0 aromatic rings. The topological polar surface area (TPSA) is 65.1 Å². The molecule has 3 atom stereocenters. The van der Waals surface area contributed by atoms with Crippen molar-refractivity contribution >= 4 is 5.84 Å². The first kappa shape index (κ1) is 12.6. The minimum Gasteiger partial charge on any atom is -0.409 e. The van der Waals surface area contributed by atoms with Crippen LogP contribution >= 0.6 is 0 Å². The maximum atomic E-state index is 8.78. The van der Waals surface area contributed by atoms with Crippen molar-refractivity contribution in [3.05, 3.63) is 0 Å². The minimum atomic E-state index is 0.0269. The third kappa shape index (κ3) is 2.55. The predicted molar refractivity (Wildman–Crippen MR) is 68.3 cm³/mol. The van der Waals surface area contributed by atoms with E-state index in [0.717, 1.165) is 13.1 Å². The van der Waals surface area contributed by atoms with Crippen LogP contribution in [-0.4, -0.2) is 58.6 Å². The summed E-state index contributed by atoms with van der Waals surface area (Å²) in [6.07, 6.45) is 3.95. The van der Waals surface area contributed by atoms with E-state index in [-0.39, 0.29) is 6.04 Å². The van der Waals surface area contributed by atoms with E-state index >= 15 is 0 Å². The third-order valence-electron chi connectivity index (χ3n) is 4.28. The van der Waals surface area contributed by atoms with Crippen LogP contribution in [0.5, 0.6) is 0 Å². The maximum Gasteiger partial charge on any atom is 0.156 e. The molecule has 2 rings (SSSR count). The highest BCUT2D eigenvalue weighted by atomic mass is 16.4. The Labute approximate surface area is 103 Å². The zero-order chi connectivity index (χ0) is 12.4. The van der Waals surface area contributed by atoms with Gasteiger partial charge in [-0.3, -0.25) is 9.80 Å². The summed E-state index contributed by atoms with van der Waals surface area (Å²) in [4.78, 5) is 4.96. The first-order valence-electron chi connectivity index (χ1n) is 6.60. The zero-order valence-corrected chi connectivity index (χ0v) is 10.8. The third-order valence-corrected chi connectivity index (χ3v) is 4.28. The molecule has 5 nitrogen and oxygen atoms in total. The SMILES string of the molecule is CC1CN2CCCCC2CN1C(C)C(N)=NO. The molecule has 5 heteroatoms. The maximum absolute atomic E-state index is 8.78. The van der Waals surface area contributed by atoms with Crippen molar-refractivity contribution in [2.45, 2.75) is 51.2 Å². The largest absolute Gasteiger partial charge is 0.409 e. The molecule has 3 N–H and O–H groups in total. The Bertz CT molecular complexity index is 294. The van der Waals surface area contributed by atoms with Crippen LogP contribution in [0.3, 0.4) is 0 Å². The lowest BCUT2D eigenvalue weighted by atomic mass is 9.96. The molecule has 2 saturated heterocycles. The van der Waals surface area contributed by atoms with Crippen LogP contribution in [0, 0.1) is 0 Å². The zero-order valence-electron chi connectivity index (χ0n) is 10.8. The van der Waals surface area contributed by atoms with Gasteiger partial charge in [-0.15, -0.1) is 0 Å². The van der Waals surface area contributed by atoms with Crippen molar-refractivity contribution in [3.63, 3.8) is 0 Å². The van der Waals surface area contributed by atoms with Gasteiger partial charge in [-0.2, -0.15) is 0 Å². The molecule has 2 heterocycles. The number of piperazine rings is 1. The number of hydrogen-bond donors (Lipinski definition) is 2. The Morgan fingerprint density at radius 3 is 2.88 bits per heavy atom. The Hall–Kier alpha value is -0.810. The quantitative estimate of drug-likeness (QED) is 0.322. The second-order valence-electron chi connectivity index (χ2n) is 5.39. The van der Waals surface area contributed by atoms with Gasteiger partial charge < -0.3 is 10.9 Å². The molecular weight excluding hydrogens is 216 g/mol. The number of piperidine rings is 1. The van der Waals surface area contributed by atoms with Crippen molar-refractivity contribution in [2.24, 2.45) is 10.9 Å². The van der Waals surface area contributed by atoms with Crippen LogP contribution in [0.1, 0.15) is 33.1 Å². The summed E-state index contributed by atoms with van der Waals surface area (Å²) in [5.41, 5.74) is 5.72. The number of fused-ring (bicyclic) bond motifs is 1. The van der Waals surface area contributed by atoms with E-state index in [1.807, 2.05) is 6.92 Å². The molecule has 0 aromatic heterocycles. The van der Waals surface area contributed by atoms with Crippen molar-refractivity contribution in [1.29, 1.82) is 0 Å². The summed E-state index contributed by atoms with van der Waals surface area (Å²) in [6.45, 7) is 7.63. The van der Waals surface area contributed by atoms with Gasteiger partial charge in [0.2, 0.25) is 0 Å². The van der Waals surface area contributed by atoms with Gasteiger partial charge in [-0.25, -0.2) is 0 Å². The van der Waals surface area contributed by atoms with Crippen LogP contribution in [-0.2, 0) is 0 Å². The lowest BCUT2D eigenvalue weighted by molar-refractivity contribution is 0.00782. The summed E-state index contributed by atoms with van der Waals surface area (Å²) in [5, 5.41) is 11.9. The van der Waals surface area contributed by atoms with Crippen LogP contribution in [0.15, 0.2) is 5.16 Å². The fraction of sp³-hybridized carbons (Fsp3) is 0.917. The smallest absolute Gasteiger partial charge is 0.156 e. The van der Waals surface area contributed by atoms with E-state index in [1.54, 1.807) is 0 Å². The molecule has 0 spiro atoms. The van der Waals surface area contributed by atoms with Crippen molar-refractivity contribution in [1.82, 2.24) is 9.80 Å². The van der Waals surface area contributed by atoms with Crippen LogP contribution in [0.25, 0.3) is 0 Å². The second-order valence-corrected chi connectivity index (χ2v) is 5.39. The number of nitrogens with two attached hydrogens (primary N) is 1. The number of hydrogen-bond acceptors (Lipinski definition) is 4. The Morgan fingerprint density at radius 2 is 2.18 bits per heavy atom. The van der Waals surface area contributed by atoms with Gasteiger partial charge in [0.25, 0.3) is 0 Å². The van der Waals surface area contributed by atoms with Crippen molar-refractivity contribution in [3.8, 4) is 0 Å². The molecule has 0 aromatic carbocycles. The fourth-order valence-corrected chi connectivity index (χ4v) is 3.17. The van der Waals surface area contributed by atoms with Crippen molar-refractivity contribution < 1.29 is 5.21 Å². The first-order valence-corrected chi connectivity index (χ1v) is 6.60. The van der Waals surface area contributed by atoms with Gasteiger partial charge in [-0.1, -0.05) is 11.6 Å². The van der Waals surface area contributed by atoms with Crippen LogP contribution in [0.4, 0.5) is 0 Å². The van der Waals surface area contributed by atoms with Crippen molar-refractivity contribution in [2.75, 3.05) is 19.6 Å². The highest BCUT2D eigenvalue weighted by Crippen LogP contribution is 2.25. The molecule has 3 unspecified atom stereocenters. The minimum absolute atomic E-state index is 0.0269. The Balaban J connectivity index is 2.04. The molecule has 0 aliphatic carbocycles. The monoisotopic (exact) mass is 240 g/mol. The van der Waals surface area contributed by atoms with E-state index in [9.17, 15) is 0 Å². The fourth-order valence-electron chi connectivity index (χ4n) is 3.17. The van der Waals surface area contributed by atoms with Gasteiger partial charge in [0, 0.05) is 25.2 Å². The summed E-state index contributed by atoms with van der Waals surface area (Å²) < 4.78 is 0. The summed E-state index contributed by atoms with van der Waals surface area (Å²) in [7, 11) is 0. The highest BCUT2D eigenvalue weighted by Gasteiger charge is 2.35. The lowest BCUT2D eigenvalue weighted by Crippen LogP contribution is -2.62. The van der Waals surface area contributed by atoms with Gasteiger partial charge in [0.15, 0.2) is 5.84 Å². The van der Waals surface area contributed by atoms with Crippen LogP contribution < -0.4 is 5.73 Å². The molecule has 17 heavy (non-hydrogen) atoms. The molecule has 2 fully saturated rings. The molecular formula is C12H24N4O. The summed E-state index contributed by atoms with van der Waals surface area (Å²) in [5.74, 6) is 0.320. The molecule has 0 bridgehead atoms. The standard InChI is InChI=1S/C12H24N4O/c1-9-7-15-6-4-3-5-11(15)8-16(9)10(2)12(13)14-17/h9-11,17H,3-8H2,1-2H3,(H2,13,14). The number of rotatable bonds is 2. The summed E-state index contributed by atoms with van der Waals surface area (Å²) in [6, 6.07) is 1.16. The average Bonchev–Trinajstić information content (AvgIpc) is 2.36. The molecule has 0 radical (unpaired) electrons.